The number of hydrogen-bond donors (Lipinski definition) is 1. The third-order valence-electron chi connectivity index (χ3n) is 6.16. The Morgan fingerprint density at radius 1 is 1.00 bits per heavy atom. The van der Waals surface area contributed by atoms with E-state index in [1.54, 1.807) is 38.1 Å². The highest BCUT2D eigenvalue weighted by Gasteiger charge is 2.31. The number of nitrogens with zero attached hydrogens (tertiary/aromatic N) is 4. The number of rotatable bonds is 10. The second-order valence-corrected chi connectivity index (χ2v) is 9.99. The molecule has 2 aromatic carbocycles. The number of esters is 1. The number of nitrogens with one attached hydrogen (secondary N) is 1. The van der Waals surface area contributed by atoms with Gasteiger partial charge < -0.3 is 14.2 Å². The minimum absolute atomic E-state index is 0.00246. The number of ether oxygens (including phenoxy) is 3. The largest absolute Gasteiger partial charge is 0.469 e. The van der Waals surface area contributed by atoms with Gasteiger partial charge in [-0.15, -0.1) is 0 Å². The third-order valence-corrected chi connectivity index (χ3v) is 6.16. The zero-order valence-electron chi connectivity index (χ0n) is 23.3. The third kappa shape index (κ3) is 7.36. The highest BCUT2D eigenvalue weighted by Crippen LogP contribution is 2.24. The summed E-state index contributed by atoms with van der Waals surface area (Å²) in [6, 6.07) is 16.6. The van der Waals surface area contributed by atoms with Crippen LogP contribution in [0.15, 0.2) is 81.4 Å². The van der Waals surface area contributed by atoms with Crippen LogP contribution in [0.3, 0.4) is 0 Å². The fraction of sp³-hybridized carbons (Fsp3) is 0.276. The van der Waals surface area contributed by atoms with Crippen molar-refractivity contribution in [2.24, 2.45) is 10.4 Å². The second kappa shape index (κ2) is 12.6. The number of aromatic nitrogens is 4. The smallest absolute Gasteiger partial charge is 0.387 e. The predicted octanol–water partition coefficient (Wildman–Crippen LogP) is 3.92. The van der Waals surface area contributed by atoms with Crippen LogP contribution in [-0.2, 0) is 22.6 Å². The Hall–Kier alpha value is -5.07. The normalized spacial score (nSPS) is 11.9. The standard InChI is InChI=1S/C29H29F2N5O6/c1-18-5-7-19(8-6-18)16-35-26(34-27(38)36(28(35)39)17-29(2,3)24(37)40-4)33-20-9-11-21(12-10-20)41-23-14-13-22(15-32-23)42-25(30)31/h5-15,25H,16-17H2,1-4H3,(H,33,34,38). The van der Waals surface area contributed by atoms with Gasteiger partial charge in [-0.05, 0) is 56.7 Å². The molecule has 2 aromatic heterocycles. The lowest BCUT2D eigenvalue weighted by molar-refractivity contribution is -0.151. The van der Waals surface area contributed by atoms with Crippen LogP contribution in [0.1, 0.15) is 25.0 Å². The van der Waals surface area contributed by atoms with Gasteiger partial charge in [0, 0.05) is 12.6 Å². The lowest BCUT2D eigenvalue weighted by Gasteiger charge is -2.22. The zero-order valence-corrected chi connectivity index (χ0v) is 23.3. The Balaban J connectivity index is 1.68. The number of pyridine rings is 1. The Morgan fingerprint density at radius 3 is 2.26 bits per heavy atom. The van der Waals surface area contributed by atoms with Crippen molar-refractivity contribution in [3.63, 3.8) is 0 Å². The molecule has 0 amide bonds. The van der Waals surface area contributed by atoms with Crippen LogP contribution in [0, 0.1) is 12.3 Å². The molecule has 0 radical (unpaired) electrons. The van der Waals surface area contributed by atoms with E-state index in [0.717, 1.165) is 21.9 Å². The van der Waals surface area contributed by atoms with Gasteiger partial charge in [0.05, 0.1) is 31.0 Å². The molecule has 13 heteroatoms. The topological polar surface area (TPSA) is 130 Å². The molecule has 0 bridgehead atoms. The molecule has 0 aliphatic carbocycles. The molecule has 4 aromatic rings. The van der Waals surface area contributed by atoms with E-state index in [0.29, 0.717) is 11.4 Å². The van der Waals surface area contributed by atoms with Crippen molar-refractivity contribution in [2.75, 3.05) is 7.11 Å². The van der Waals surface area contributed by atoms with Crippen molar-refractivity contribution in [1.29, 1.82) is 0 Å². The first kappa shape index (κ1) is 29.9. The fourth-order valence-corrected chi connectivity index (χ4v) is 3.97. The maximum Gasteiger partial charge on any atom is 0.387 e. The summed E-state index contributed by atoms with van der Waals surface area (Å²) in [6.45, 7) is 2.04. The van der Waals surface area contributed by atoms with E-state index in [4.69, 9.17) is 9.47 Å². The van der Waals surface area contributed by atoms with E-state index < -0.39 is 29.4 Å². The van der Waals surface area contributed by atoms with Crippen LogP contribution in [0.4, 0.5) is 14.5 Å². The molecule has 2 heterocycles. The zero-order chi connectivity index (χ0) is 30.4. The van der Waals surface area contributed by atoms with Gasteiger partial charge in [0.15, 0.2) is 0 Å². The van der Waals surface area contributed by atoms with Crippen LogP contribution in [0.25, 0.3) is 0 Å². The van der Waals surface area contributed by atoms with Gasteiger partial charge in [0.1, 0.15) is 11.5 Å². The van der Waals surface area contributed by atoms with Crippen LogP contribution >= 0.6 is 0 Å². The average Bonchev–Trinajstić information content (AvgIpc) is 2.95. The van der Waals surface area contributed by atoms with Crippen molar-refractivity contribution < 1.29 is 27.8 Å². The van der Waals surface area contributed by atoms with Gasteiger partial charge in [-0.2, -0.15) is 8.78 Å². The summed E-state index contributed by atoms with van der Waals surface area (Å²) in [4.78, 5) is 50.0. The highest BCUT2D eigenvalue weighted by atomic mass is 19.3. The van der Waals surface area contributed by atoms with Crippen molar-refractivity contribution in [1.82, 2.24) is 19.1 Å². The number of carbonyl (C=O) groups is 1. The molecule has 4 rings (SSSR count). The number of alkyl halides is 2. The molecule has 1 N–H and O–H groups in total. The Morgan fingerprint density at radius 2 is 1.67 bits per heavy atom. The summed E-state index contributed by atoms with van der Waals surface area (Å²) < 4.78 is 41.7. The average molecular weight is 582 g/mol. The van der Waals surface area contributed by atoms with Crippen molar-refractivity contribution in [3.05, 3.63) is 105 Å². The molecule has 11 nitrogen and oxygen atoms in total. The van der Waals surface area contributed by atoms with Gasteiger partial charge in [0.2, 0.25) is 11.5 Å². The number of carbonyl (C=O) groups excluding carboxylic acids is 1. The first-order valence-electron chi connectivity index (χ1n) is 12.8. The Kier molecular flexibility index (Phi) is 8.99. The van der Waals surface area contributed by atoms with Gasteiger partial charge in [-0.3, -0.25) is 14.3 Å². The van der Waals surface area contributed by atoms with E-state index in [9.17, 15) is 23.2 Å². The monoisotopic (exact) mass is 581 g/mol. The van der Waals surface area contributed by atoms with Crippen molar-refractivity contribution >= 4 is 11.7 Å². The number of hydrogen-bond acceptors (Lipinski definition) is 8. The van der Waals surface area contributed by atoms with E-state index in [1.807, 2.05) is 31.2 Å². The lowest BCUT2D eigenvalue weighted by Crippen LogP contribution is -2.52. The minimum atomic E-state index is -2.96. The molecular formula is C29H29F2N5O6. The number of aryl methyl sites for hydroxylation is 1. The lowest BCUT2D eigenvalue weighted by atomic mass is 9.94. The maximum absolute atomic E-state index is 13.6. The number of halogens is 2. The van der Waals surface area contributed by atoms with Crippen LogP contribution in [-0.4, -0.2) is 38.8 Å². The number of aromatic amines is 1. The van der Waals surface area contributed by atoms with Gasteiger partial charge >= 0.3 is 24.0 Å². The quantitative estimate of drug-likeness (QED) is 0.281. The van der Waals surface area contributed by atoms with Gasteiger partial charge in [-0.1, -0.05) is 29.8 Å². The fourth-order valence-electron chi connectivity index (χ4n) is 3.97. The Bertz CT molecular complexity index is 1730. The van der Waals surface area contributed by atoms with Crippen LogP contribution in [0.5, 0.6) is 17.4 Å². The summed E-state index contributed by atoms with van der Waals surface area (Å²) in [7, 11) is 1.24. The summed E-state index contributed by atoms with van der Waals surface area (Å²) >= 11 is 0. The molecule has 0 saturated heterocycles. The predicted molar refractivity (Wildman–Crippen MR) is 148 cm³/mol. The second-order valence-electron chi connectivity index (χ2n) is 9.99. The van der Waals surface area contributed by atoms with Crippen molar-refractivity contribution in [3.8, 4) is 17.4 Å². The first-order valence-corrected chi connectivity index (χ1v) is 12.8. The van der Waals surface area contributed by atoms with Crippen LogP contribution in [0.2, 0.25) is 0 Å². The summed E-state index contributed by atoms with van der Waals surface area (Å²) in [5.74, 6) is -0.136. The van der Waals surface area contributed by atoms with E-state index in [-0.39, 0.29) is 30.3 Å². The molecule has 0 saturated carbocycles. The molecule has 0 atom stereocenters. The molecule has 0 aliphatic heterocycles. The molecule has 0 unspecified atom stereocenters. The molecule has 0 fully saturated rings. The van der Waals surface area contributed by atoms with Crippen molar-refractivity contribution in [2.45, 2.75) is 40.5 Å². The molecule has 0 spiro atoms. The first-order chi connectivity index (χ1) is 19.9. The maximum atomic E-state index is 13.6. The SMILES string of the molecule is COC(=O)C(C)(C)Cn1c(=O)[nH]/c(=N\c2ccc(Oc3ccc(OC(F)F)cn3)cc2)n(Cc2ccc(C)cc2)c1=O. The molecular weight excluding hydrogens is 552 g/mol. The molecule has 220 valence electrons. The molecule has 0 aliphatic rings. The summed E-state index contributed by atoms with van der Waals surface area (Å²) in [5.41, 5.74) is -0.290. The van der Waals surface area contributed by atoms with Crippen LogP contribution < -0.4 is 26.5 Å². The number of methoxy groups -OCH3 is 1. The minimum Gasteiger partial charge on any atom is -0.469 e. The summed E-state index contributed by atoms with van der Waals surface area (Å²) in [5, 5.41) is 0. The highest BCUT2D eigenvalue weighted by molar-refractivity contribution is 5.75. The Labute approximate surface area is 238 Å². The van der Waals surface area contributed by atoms with Gasteiger partial charge in [0.25, 0.3) is 0 Å². The molecule has 42 heavy (non-hydrogen) atoms. The van der Waals surface area contributed by atoms with E-state index in [1.165, 1.54) is 23.8 Å². The van der Waals surface area contributed by atoms with Gasteiger partial charge in [-0.25, -0.2) is 24.1 Å². The number of H-pyrrole nitrogens is 1. The van der Waals surface area contributed by atoms with E-state index >= 15 is 0 Å². The van der Waals surface area contributed by atoms with E-state index in [2.05, 4.69) is 19.7 Å². The summed E-state index contributed by atoms with van der Waals surface area (Å²) in [6.07, 6.45) is 1.11. The number of benzene rings is 2.